The summed E-state index contributed by atoms with van der Waals surface area (Å²) in [5.41, 5.74) is 4.50. The zero-order valence-corrected chi connectivity index (χ0v) is 15.6. The monoisotopic (exact) mass is 395 g/mol. The second-order valence-electron chi connectivity index (χ2n) is 5.82. The number of benzene rings is 2. The van der Waals surface area contributed by atoms with Crippen molar-refractivity contribution in [1.82, 2.24) is 4.98 Å². The highest BCUT2D eigenvalue weighted by atomic mass is 79.9. The summed E-state index contributed by atoms with van der Waals surface area (Å²) < 4.78 is 0.995. The maximum Gasteiger partial charge on any atom is 0.255 e. The molecule has 0 aliphatic heterocycles. The normalized spacial score (nSPS) is 10.4. The van der Waals surface area contributed by atoms with Gasteiger partial charge in [0, 0.05) is 15.7 Å². The molecule has 2 N–H and O–H groups in total. The molecule has 3 aromatic rings. The maximum absolute atomic E-state index is 12.3. The first kappa shape index (κ1) is 17.2. The molecule has 0 saturated carbocycles. The zero-order chi connectivity index (χ0) is 17.8. The lowest BCUT2D eigenvalue weighted by Crippen LogP contribution is -2.12. The second kappa shape index (κ2) is 7.49. The Morgan fingerprint density at radius 2 is 1.80 bits per heavy atom. The van der Waals surface area contributed by atoms with E-state index in [1.807, 2.05) is 68.4 Å². The molecule has 0 atom stereocenters. The summed E-state index contributed by atoms with van der Waals surface area (Å²) >= 11 is 3.44. The summed E-state index contributed by atoms with van der Waals surface area (Å²) in [5, 5.41) is 6.09. The van der Waals surface area contributed by atoms with E-state index in [-0.39, 0.29) is 5.91 Å². The molecule has 25 heavy (non-hydrogen) atoms. The molecule has 0 saturated heterocycles. The van der Waals surface area contributed by atoms with E-state index in [0.717, 1.165) is 15.7 Å². The fourth-order valence-electron chi connectivity index (χ4n) is 2.34. The van der Waals surface area contributed by atoms with Crippen LogP contribution in [-0.2, 0) is 0 Å². The molecule has 126 valence electrons. The predicted octanol–water partition coefficient (Wildman–Crippen LogP) is 5.46. The number of halogens is 1. The van der Waals surface area contributed by atoms with E-state index in [1.165, 1.54) is 5.56 Å². The number of pyridine rings is 1. The quantitative estimate of drug-likeness (QED) is 0.616. The highest BCUT2D eigenvalue weighted by Gasteiger charge is 2.07. The van der Waals surface area contributed by atoms with E-state index >= 15 is 0 Å². The van der Waals surface area contributed by atoms with Gasteiger partial charge in [0.1, 0.15) is 5.82 Å². The van der Waals surface area contributed by atoms with Crippen LogP contribution in [0.15, 0.2) is 65.3 Å². The van der Waals surface area contributed by atoms with Gasteiger partial charge in [-0.15, -0.1) is 0 Å². The van der Waals surface area contributed by atoms with Crippen LogP contribution in [0.3, 0.4) is 0 Å². The van der Waals surface area contributed by atoms with Crippen LogP contribution in [0.2, 0.25) is 0 Å². The fraction of sp³-hybridized carbons (Fsp3) is 0.100. The molecule has 0 fully saturated rings. The molecule has 0 unspecified atom stereocenters. The number of hydrogen-bond donors (Lipinski definition) is 2. The maximum atomic E-state index is 12.3. The van der Waals surface area contributed by atoms with Gasteiger partial charge in [0.2, 0.25) is 0 Å². The van der Waals surface area contributed by atoms with Crippen LogP contribution in [0.5, 0.6) is 0 Å². The number of carbonyl (C=O) groups is 1. The third-order valence-corrected chi connectivity index (χ3v) is 4.38. The van der Waals surface area contributed by atoms with Gasteiger partial charge in [-0.3, -0.25) is 4.79 Å². The minimum atomic E-state index is -0.141. The Balaban J connectivity index is 1.67. The Morgan fingerprint density at radius 3 is 2.48 bits per heavy atom. The Hall–Kier alpha value is -2.66. The van der Waals surface area contributed by atoms with Gasteiger partial charge < -0.3 is 10.6 Å². The lowest BCUT2D eigenvalue weighted by atomic mass is 10.1. The zero-order valence-electron chi connectivity index (χ0n) is 14.0. The summed E-state index contributed by atoms with van der Waals surface area (Å²) in [5.74, 6) is 0.569. The van der Waals surface area contributed by atoms with Gasteiger partial charge in [0.05, 0.1) is 11.9 Å². The molecule has 0 aliphatic carbocycles. The topological polar surface area (TPSA) is 54.0 Å². The molecule has 0 spiro atoms. The van der Waals surface area contributed by atoms with Gasteiger partial charge in [-0.05, 0) is 67.4 Å². The number of nitrogens with zero attached hydrogens (tertiary/aromatic N) is 1. The highest BCUT2D eigenvalue weighted by Crippen LogP contribution is 2.20. The largest absolute Gasteiger partial charge is 0.340 e. The first-order chi connectivity index (χ1) is 12.0. The number of carbonyl (C=O) groups excluding carboxylic acids is 1. The second-order valence-corrected chi connectivity index (χ2v) is 6.74. The third-order valence-electron chi connectivity index (χ3n) is 3.89. The van der Waals surface area contributed by atoms with Crippen LogP contribution < -0.4 is 10.6 Å². The van der Waals surface area contributed by atoms with E-state index in [0.29, 0.717) is 17.1 Å². The van der Waals surface area contributed by atoms with Crippen LogP contribution >= 0.6 is 15.9 Å². The molecule has 1 aromatic heterocycles. The van der Waals surface area contributed by atoms with Crippen molar-refractivity contribution in [3.8, 4) is 0 Å². The summed E-state index contributed by atoms with van der Waals surface area (Å²) in [4.78, 5) is 16.7. The van der Waals surface area contributed by atoms with Crippen molar-refractivity contribution >= 4 is 39.0 Å². The van der Waals surface area contributed by atoms with Crippen molar-refractivity contribution in [2.24, 2.45) is 0 Å². The molecular formula is C20H18BrN3O. The number of hydrogen-bond acceptors (Lipinski definition) is 3. The highest BCUT2D eigenvalue weighted by molar-refractivity contribution is 9.10. The van der Waals surface area contributed by atoms with Crippen LogP contribution in [-0.4, -0.2) is 10.9 Å². The lowest BCUT2D eigenvalue weighted by Gasteiger charge is -2.09. The van der Waals surface area contributed by atoms with Gasteiger partial charge in [-0.2, -0.15) is 0 Å². The fourth-order valence-corrected chi connectivity index (χ4v) is 2.74. The first-order valence-electron chi connectivity index (χ1n) is 7.88. The first-order valence-corrected chi connectivity index (χ1v) is 8.68. The average Bonchev–Trinajstić information content (AvgIpc) is 2.59. The van der Waals surface area contributed by atoms with E-state index in [9.17, 15) is 4.79 Å². The summed E-state index contributed by atoms with van der Waals surface area (Å²) in [6.07, 6.45) is 1.64. The van der Waals surface area contributed by atoms with Crippen LogP contribution in [0.25, 0.3) is 0 Å². The lowest BCUT2D eigenvalue weighted by molar-refractivity contribution is 0.102. The SMILES string of the molecule is Cc1ccc(C(=O)Nc2ccc(Nc3cccc(Br)c3)nc2)cc1C. The Labute approximate surface area is 155 Å². The molecule has 2 aromatic carbocycles. The van der Waals surface area contributed by atoms with Crippen molar-refractivity contribution < 1.29 is 4.79 Å². The molecule has 1 heterocycles. The van der Waals surface area contributed by atoms with E-state index in [2.05, 4.69) is 31.5 Å². The number of rotatable bonds is 4. The smallest absolute Gasteiger partial charge is 0.255 e. The van der Waals surface area contributed by atoms with Gasteiger partial charge in [-0.25, -0.2) is 4.98 Å². The van der Waals surface area contributed by atoms with Crippen LogP contribution in [0.1, 0.15) is 21.5 Å². The summed E-state index contributed by atoms with van der Waals surface area (Å²) in [6.45, 7) is 4.02. The minimum Gasteiger partial charge on any atom is -0.340 e. The molecule has 3 rings (SSSR count). The van der Waals surface area contributed by atoms with Crippen molar-refractivity contribution in [2.75, 3.05) is 10.6 Å². The number of amides is 1. The molecule has 4 nitrogen and oxygen atoms in total. The predicted molar refractivity (Wildman–Crippen MR) is 106 cm³/mol. The molecular weight excluding hydrogens is 378 g/mol. The van der Waals surface area contributed by atoms with Crippen molar-refractivity contribution in [2.45, 2.75) is 13.8 Å². The van der Waals surface area contributed by atoms with Crippen molar-refractivity contribution in [3.05, 3.63) is 82.0 Å². The number of aromatic nitrogens is 1. The van der Waals surface area contributed by atoms with Gasteiger partial charge in [-0.1, -0.05) is 28.1 Å². The Bertz CT molecular complexity index is 907. The number of anilines is 3. The van der Waals surface area contributed by atoms with Gasteiger partial charge in [0.15, 0.2) is 0 Å². The van der Waals surface area contributed by atoms with E-state index in [4.69, 9.17) is 0 Å². The summed E-state index contributed by atoms with van der Waals surface area (Å²) in [6, 6.07) is 17.2. The molecule has 5 heteroatoms. The van der Waals surface area contributed by atoms with E-state index in [1.54, 1.807) is 6.20 Å². The average molecular weight is 396 g/mol. The Kier molecular flexibility index (Phi) is 5.14. The van der Waals surface area contributed by atoms with Crippen LogP contribution in [0, 0.1) is 13.8 Å². The number of nitrogens with one attached hydrogen (secondary N) is 2. The molecule has 0 radical (unpaired) electrons. The van der Waals surface area contributed by atoms with Crippen molar-refractivity contribution in [3.63, 3.8) is 0 Å². The molecule has 0 aliphatic rings. The summed E-state index contributed by atoms with van der Waals surface area (Å²) in [7, 11) is 0. The number of aryl methyl sites for hydroxylation is 2. The molecule has 0 bridgehead atoms. The third kappa shape index (κ3) is 4.45. The minimum absolute atomic E-state index is 0.141. The van der Waals surface area contributed by atoms with Gasteiger partial charge in [0.25, 0.3) is 5.91 Å². The van der Waals surface area contributed by atoms with Crippen molar-refractivity contribution in [1.29, 1.82) is 0 Å². The van der Waals surface area contributed by atoms with Gasteiger partial charge >= 0.3 is 0 Å². The standard InChI is InChI=1S/C20H18BrN3O/c1-13-6-7-15(10-14(13)2)20(25)24-18-8-9-19(22-12-18)23-17-5-3-4-16(21)11-17/h3-12H,1-2H3,(H,22,23)(H,24,25). The molecule has 1 amide bonds. The Morgan fingerprint density at radius 1 is 0.960 bits per heavy atom. The van der Waals surface area contributed by atoms with E-state index < -0.39 is 0 Å². The van der Waals surface area contributed by atoms with Crippen LogP contribution in [0.4, 0.5) is 17.2 Å².